The van der Waals surface area contributed by atoms with Gasteiger partial charge in [-0.3, -0.25) is 9.59 Å². The van der Waals surface area contributed by atoms with Gasteiger partial charge in [0.2, 0.25) is 5.91 Å². The van der Waals surface area contributed by atoms with Crippen molar-refractivity contribution in [3.8, 4) is 0 Å². The highest BCUT2D eigenvalue weighted by molar-refractivity contribution is 6.30. The highest BCUT2D eigenvalue weighted by Crippen LogP contribution is 2.10. The Bertz CT molecular complexity index is 465. The van der Waals surface area contributed by atoms with Crippen molar-refractivity contribution >= 4 is 23.4 Å². The van der Waals surface area contributed by atoms with Crippen molar-refractivity contribution in [2.75, 3.05) is 13.1 Å². The van der Waals surface area contributed by atoms with Crippen LogP contribution in [0, 0.1) is 0 Å². The van der Waals surface area contributed by atoms with Crippen molar-refractivity contribution in [3.05, 3.63) is 34.9 Å². The number of aliphatic hydroxyl groups is 1. The summed E-state index contributed by atoms with van der Waals surface area (Å²) >= 11 is 5.78. The molecule has 0 saturated carbocycles. The highest BCUT2D eigenvalue weighted by atomic mass is 35.5. The molecule has 110 valence electrons. The van der Waals surface area contributed by atoms with E-state index >= 15 is 0 Å². The third kappa shape index (κ3) is 6.04. The molecule has 0 bridgehead atoms. The number of aliphatic hydroxyl groups excluding tert-OH is 1. The molecule has 0 aliphatic rings. The van der Waals surface area contributed by atoms with Gasteiger partial charge in [-0.1, -0.05) is 31.0 Å². The summed E-state index contributed by atoms with van der Waals surface area (Å²) in [4.78, 5) is 23.2. The molecule has 1 aromatic carbocycles. The second-order valence-electron chi connectivity index (χ2n) is 4.44. The molecular weight excluding hydrogens is 280 g/mol. The van der Waals surface area contributed by atoms with E-state index in [-0.39, 0.29) is 24.9 Å². The first-order chi connectivity index (χ1) is 9.52. The first kappa shape index (κ1) is 16.5. The fourth-order valence-corrected chi connectivity index (χ4v) is 1.81. The van der Waals surface area contributed by atoms with Crippen LogP contribution in [0.4, 0.5) is 0 Å². The lowest BCUT2D eigenvalue weighted by Crippen LogP contribution is -2.40. The molecule has 0 heterocycles. The van der Waals surface area contributed by atoms with Crippen molar-refractivity contribution in [2.24, 2.45) is 0 Å². The van der Waals surface area contributed by atoms with Crippen LogP contribution in [-0.2, 0) is 4.79 Å². The fourth-order valence-electron chi connectivity index (χ4n) is 1.62. The molecule has 20 heavy (non-hydrogen) atoms. The maximum absolute atomic E-state index is 11.7. The molecular formula is C14H19ClN2O3. The first-order valence-electron chi connectivity index (χ1n) is 6.51. The summed E-state index contributed by atoms with van der Waals surface area (Å²) in [5, 5.41) is 15.0. The normalized spacial score (nSPS) is 11.8. The lowest BCUT2D eigenvalue weighted by Gasteiger charge is -2.11. The summed E-state index contributed by atoms with van der Waals surface area (Å²) in [5.74, 6) is -0.702. The van der Waals surface area contributed by atoms with Crippen molar-refractivity contribution < 1.29 is 14.7 Å². The molecule has 0 aliphatic carbocycles. The molecule has 0 aliphatic heterocycles. The molecule has 0 radical (unpaired) electrons. The van der Waals surface area contributed by atoms with E-state index in [4.69, 9.17) is 11.6 Å². The quantitative estimate of drug-likeness (QED) is 0.711. The monoisotopic (exact) mass is 298 g/mol. The fraction of sp³-hybridized carbons (Fsp3) is 0.429. The van der Waals surface area contributed by atoms with Gasteiger partial charge in [0.05, 0.1) is 12.6 Å². The van der Waals surface area contributed by atoms with E-state index in [1.807, 2.05) is 6.92 Å². The van der Waals surface area contributed by atoms with Crippen LogP contribution in [0.5, 0.6) is 0 Å². The van der Waals surface area contributed by atoms with E-state index in [0.717, 1.165) is 6.42 Å². The standard InChI is InChI=1S/C14H19ClN2O3/c1-2-4-12(18)8-16-13(19)9-17-14(20)10-5-3-6-11(15)7-10/h3,5-7,12,18H,2,4,8-9H2,1H3,(H,16,19)(H,17,20). The maximum Gasteiger partial charge on any atom is 0.251 e. The molecule has 0 fully saturated rings. The molecule has 1 atom stereocenters. The van der Waals surface area contributed by atoms with E-state index < -0.39 is 6.10 Å². The number of carbonyl (C=O) groups is 2. The molecule has 0 saturated heterocycles. The largest absolute Gasteiger partial charge is 0.391 e. The topological polar surface area (TPSA) is 78.4 Å². The van der Waals surface area contributed by atoms with Gasteiger partial charge in [0, 0.05) is 17.1 Å². The van der Waals surface area contributed by atoms with Crippen LogP contribution in [0.1, 0.15) is 30.1 Å². The number of benzene rings is 1. The van der Waals surface area contributed by atoms with Crippen LogP contribution < -0.4 is 10.6 Å². The zero-order chi connectivity index (χ0) is 15.0. The minimum absolute atomic E-state index is 0.135. The third-order valence-electron chi connectivity index (χ3n) is 2.65. The second-order valence-corrected chi connectivity index (χ2v) is 4.88. The van der Waals surface area contributed by atoms with Crippen LogP contribution in [0.25, 0.3) is 0 Å². The zero-order valence-electron chi connectivity index (χ0n) is 11.4. The van der Waals surface area contributed by atoms with E-state index in [1.54, 1.807) is 18.2 Å². The van der Waals surface area contributed by atoms with Gasteiger partial charge in [-0.2, -0.15) is 0 Å². The van der Waals surface area contributed by atoms with Crippen LogP contribution in [0.15, 0.2) is 24.3 Å². The Kier molecular flexibility index (Phi) is 7.04. The van der Waals surface area contributed by atoms with Crippen molar-refractivity contribution in [1.29, 1.82) is 0 Å². The molecule has 1 aromatic rings. The van der Waals surface area contributed by atoms with Crippen LogP contribution in [-0.4, -0.2) is 36.1 Å². The molecule has 3 N–H and O–H groups in total. The Balaban J connectivity index is 2.32. The summed E-state index contributed by atoms with van der Waals surface area (Å²) in [6.45, 7) is 2.01. The molecule has 0 aromatic heterocycles. The van der Waals surface area contributed by atoms with E-state index in [0.29, 0.717) is 17.0 Å². The Morgan fingerprint density at radius 2 is 2.10 bits per heavy atom. The van der Waals surface area contributed by atoms with Gasteiger partial charge in [-0.25, -0.2) is 0 Å². The van der Waals surface area contributed by atoms with Gasteiger partial charge in [0.25, 0.3) is 5.91 Å². The average molecular weight is 299 g/mol. The first-order valence-corrected chi connectivity index (χ1v) is 6.89. The Hall–Kier alpha value is -1.59. The summed E-state index contributed by atoms with van der Waals surface area (Å²) in [5.41, 5.74) is 0.399. The number of amides is 2. The number of hydrogen-bond acceptors (Lipinski definition) is 3. The van der Waals surface area contributed by atoms with Gasteiger partial charge in [-0.05, 0) is 24.6 Å². The van der Waals surface area contributed by atoms with Gasteiger partial charge < -0.3 is 15.7 Å². The zero-order valence-corrected chi connectivity index (χ0v) is 12.1. The highest BCUT2D eigenvalue weighted by Gasteiger charge is 2.09. The van der Waals surface area contributed by atoms with Gasteiger partial charge in [-0.15, -0.1) is 0 Å². The smallest absolute Gasteiger partial charge is 0.251 e. The number of hydrogen-bond donors (Lipinski definition) is 3. The average Bonchev–Trinajstić information content (AvgIpc) is 2.43. The van der Waals surface area contributed by atoms with Crippen molar-refractivity contribution in [1.82, 2.24) is 10.6 Å². The van der Waals surface area contributed by atoms with E-state index in [9.17, 15) is 14.7 Å². The third-order valence-corrected chi connectivity index (χ3v) is 2.89. The predicted octanol–water partition coefficient (Wildman–Crippen LogP) is 1.35. The summed E-state index contributed by atoms with van der Waals surface area (Å²) in [6.07, 6.45) is 0.935. The molecule has 0 spiro atoms. The number of carbonyl (C=O) groups excluding carboxylic acids is 2. The lowest BCUT2D eigenvalue weighted by atomic mass is 10.2. The van der Waals surface area contributed by atoms with Crippen molar-refractivity contribution in [2.45, 2.75) is 25.9 Å². The second kappa shape index (κ2) is 8.55. The van der Waals surface area contributed by atoms with Crippen LogP contribution >= 0.6 is 11.6 Å². The number of nitrogens with one attached hydrogen (secondary N) is 2. The van der Waals surface area contributed by atoms with Crippen LogP contribution in [0.3, 0.4) is 0 Å². The van der Waals surface area contributed by atoms with E-state index in [2.05, 4.69) is 10.6 Å². The summed E-state index contributed by atoms with van der Waals surface area (Å²) < 4.78 is 0. The Morgan fingerprint density at radius 1 is 1.35 bits per heavy atom. The van der Waals surface area contributed by atoms with Crippen LogP contribution in [0.2, 0.25) is 5.02 Å². The SMILES string of the molecule is CCCC(O)CNC(=O)CNC(=O)c1cccc(Cl)c1. The van der Waals surface area contributed by atoms with Gasteiger partial charge in [0.15, 0.2) is 0 Å². The Morgan fingerprint density at radius 3 is 2.75 bits per heavy atom. The minimum atomic E-state index is -0.549. The van der Waals surface area contributed by atoms with Gasteiger partial charge >= 0.3 is 0 Å². The van der Waals surface area contributed by atoms with Gasteiger partial charge in [0.1, 0.15) is 0 Å². The lowest BCUT2D eigenvalue weighted by molar-refractivity contribution is -0.120. The number of halogens is 1. The Labute approximate surface area is 123 Å². The molecule has 6 heteroatoms. The number of rotatable bonds is 7. The maximum atomic E-state index is 11.7. The summed E-state index contributed by atoms with van der Waals surface area (Å²) in [7, 11) is 0. The minimum Gasteiger partial charge on any atom is -0.391 e. The van der Waals surface area contributed by atoms with Crippen molar-refractivity contribution in [3.63, 3.8) is 0 Å². The molecule has 1 unspecified atom stereocenters. The molecule has 2 amide bonds. The summed E-state index contributed by atoms with van der Waals surface area (Å²) in [6, 6.07) is 6.47. The van der Waals surface area contributed by atoms with E-state index in [1.165, 1.54) is 6.07 Å². The molecule has 1 rings (SSSR count). The molecule has 5 nitrogen and oxygen atoms in total. The predicted molar refractivity (Wildman–Crippen MR) is 77.7 cm³/mol.